The van der Waals surface area contributed by atoms with Crippen molar-refractivity contribution in [1.82, 2.24) is 10.2 Å². The molecule has 0 amide bonds. The van der Waals surface area contributed by atoms with Crippen LogP contribution in [-0.2, 0) is 14.9 Å². The maximum Gasteiger partial charge on any atom is 0.188 e. The molecule has 0 saturated carbocycles. The molecule has 0 aliphatic carbocycles. The number of nitrogens with one attached hydrogen (secondary N) is 1. The quantitative estimate of drug-likeness (QED) is 0.396. The van der Waals surface area contributed by atoms with Crippen molar-refractivity contribution in [3.05, 3.63) is 33.8 Å². The van der Waals surface area contributed by atoms with Gasteiger partial charge in [0.2, 0.25) is 0 Å². The van der Waals surface area contributed by atoms with Crippen LogP contribution in [0.15, 0.2) is 23.2 Å². The van der Waals surface area contributed by atoms with Gasteiger partial charge in [0.1, 0.15) is 0 Å². The van der Waals surface area contributed by atoms with Gasteiger partial charge >= 0.3 is 0 Å². The molecule has 2 aliphatic heterocycles. The lowest BCUT2D eigenvalue weighted by Gasteiger charge is -2.37. The Morgan fingerprint density at radius 1 is 1.14 bits per heavy atom. The number of rotatable bonds is 7. The molecular formula is C20H30Cl2N4O2. The Kier molecular flexibility index (Phi) is 8.23. The number of nitrogens with two attached hydrogens (primary N) is 1. The molecule has 156 valence electrons. The van der Waals surface area contributed by atoms with E-state index in [1.54, 1.807) is 6.07 Å². The van der Waals surface area contributed by atoms with Gasteiger partial charge in [0.15, 0.2) is 5.96 Å². The number of nitrogens with zero attached hydrogens (tertiary/aromatic N) is 2. The Labute approximate surface area is 177 Å². The van der Waals surface area contributed by atoms with E-state index in [-0.39, 0.29) is 5.41 Å². The zero-order valence-electron chi connectivity index (χ0n) is 16.3. The molecular weight excluding hydrogens is 399 g/mol. The highest BCUT2D eigenvalue weighted by Gasteiger charge is 2.36. The first-order valence-electron chi connectivity index (χ1n) is 9.96. The summed E-state index contributed by atoms with van der Waals surface area (Å²) in [5.41, 5.74) is 7.04. The predicted octanol–water partition coefficient (Wildman–Crippen LogP) is 2.67. The topological polar surface area (TPSA) is 72.1 Å². The molecule has 3 rings (SSSR count). The van der Waals surface area contributed by atoms with Gasteiger partial charge in [-0.25, -0.2) is 0 Å². The molecule has 2 aliphatic rings. The molecule has 28 heavy (non-hydrogen) atoms. The summed E-state index contributed by atoms with van der Waals surface area (Å²) >= 11 is 12.6. The van der Waals surface area contributed by atoms with E-state index >= 15 is 0 Å². The fourth-order valence-corrected chi connectivity index (χ4v) is 4.44. The van der Waals surface area contributed by atoms with E-state index in [0.717, 1.165) is 64.2 Å². The van der Waals surface area contributed by atoms with Crippen LogP contribution in [0.5, 0.6) is 0 Å². The van der Waals surface area contributed by atoms with E-state index in [0.29, 0.717) is 35.8 Å². The molecule has 1 aromatic rings. The summed E-state index contributed by atoms with van der Waals surface area (Å²) < 4.78 is 10.9. The van der Waals surface area contributed by atoms with E-state index in [2.05, 4.69) is 15.2 Å². The first kappa shape index (κ1) is 21.7. The number of benzene rings is 1. The zero-order valence-corrected chi connectivity index (χ0v) is 17.8. The van der Waals surface area contributed by atoms with Crippen molar-refractivity contribution in [2.24, 2.45) is 10.7 Å². The maximum atomic E-state index is 6.51. The lowest BCUT2D eigenvalue weighted by atomic mass is 9.74. The van der Waals surface area contributed by atoms with Crippen LogP contribution in [0.3, 0.4) is 0 Å². The number of hydrogen-bond acceptors (Lipinski definition) is 4. The number of aliphatic imine (C=N–C) groups is 1. The number of guanidine groups is 1. The number of hydrogen-bond donors (Lipinski definition) is 2. The van der Waals surface area contributed by atoms with Gasteiger partial charge in [0, 0.05) is 48.3 Å². The van der Waals surface area contributed by atoms with Crippen LogP contribution in [0.4, 0.5) is 0 Å². The standard InChI is InChI=1S/C20H30Cl2N4O2/c21-16-2-3-17(18(22)14-16)20(4-10-27-11-5-20)15-25-19(23)24-6-1-7-26-8-12-28-13-9-26/h2-3,14H,1,4-13,15H2,(H3,23,24,25). The van der Waals surface area contributed by atoms with Crippen LogP contribution >= 0.6 is 23.2 Å². The third-order valence-electron chi connectivity index (χ3n) is 5.57. The molecule has 0 spiro atoms. The Morgan fingerprint density at radius 2 is 1.86 bits per heavy atom. The molecule has 2 heterocycles. The van der Waals surface area contributed by atoms with E-state index in [1.807, 2.05) is 12.1 Å². The Balaban J connectivity index is 1.55. The monoisotopic (exact) mass is 428 g/mol. The van der Waals surface area contributed by atoms with Crippen molar-refractivity contribution in [2.45, 2.75) is 24.7 Å². The van der Waals surface area contributed by atoms with Crippen molar-refractivity contribution in [3.63, 3.8) is 0 Å². The third kappa shape index (κ3) is 5.97. The maximum absolute atomic E-state index is 6.51. The minimum Gasteiger partial charge on any atom is -0.381 e. The first-order valence-corrected chi connectivity index (χ1v) is 10.7. The summed E-state index contributed by atoms with van der Waals surface area (Å²) in [4.78, 5) is 7.06. The second kappa shape index (κ2) is 10.6. The normalized spacial score (nSPS) is 20.9. The summed E-state index contributed by atoms with van der Waals surface area (Å²) in [6, 6.07) is 5.70. The van der Waals surface area contributed by atoms with Crippen LogP contribution < -0.4 is 11.1 Å². The molecule has 0 atom stereocenters. The van der Waals surface area contributed by atoms with Gasteiger partial charge in [-0.1, -0.05) is 29.3 Å². The molecule has 6 nitrogen and oxygen atoms in total. The van der Waals surface area contributed by atoms with E-state index in [4.69, 9.17) is 38.4 Å². The summed E-state index contributed by atoms with van der Waals surface area (Å²) in [7, 11) is 0. The largest absolute Gasteiger partial charge is 0.381 e. The number of morpholine rings is 1. The van der Waals surface area contributed by atoms with Crippen LogP contribution in [0, 0.1) is 0 Å². The summed E-state index contributed by atoms with van der Waals surface area (Å²) in [6.45, 7) is 7.51. The van der Waals surface area contributed by atoms with Gasteiger partial charge < -0.3 is 20.5 Å². The van der Waals surface area contributed by atoms with Crippen molar-refractivity contribution in [1.29, 1.82) is 0 Å². The fourth-order valence-electron chi connectivity index (χ4n) is 3.83. The Hall–Kier alpha value is -1.05. The van der Waals surface area contributed by atoms with E-state index in [1.165, 1.54) is 0 Å². The van der Waals surface area contributed by atoms with Gasteiger partial charge in [-0.3, -0.25) is 9.89 Å². The molecule has 1 aromatic carbocycles. The number of ether oxygens (including phenoxy) is 2. The minimum absolute atomic E-state index is 0.167. The van der Waals surface area contributed by atoms with Crippen LogP contribution in [0.1, 0.15) is 24.8 Å². The predicted molar refractivity (Wildman–Crippen MR) is 115 cm³/mol. The molecule has 0 unspecified atom stereocenters. The van der Waals surface area contributed by atoms with E-state index in [9.17, 15) is 0 Å². The fraction of sp³-hybridized carbons (Fsp3) is 0.650. The second-order valence-corrected chi connectivity index (χ2v) is 8.30. The summed E-state index contributed by atoms with van der Waals surface area (Å²) in [5.74, 6) is 0.484. The SMILES string of the molecule is NC(=NCC1(c2ccc(Cl)cc2Cl)CCOCC1)NCCCN1CCOCC1. The molecule has 2 fully saturated rings. The lowest BCUT2D eigenvalue weighted by molar-refractivity contribution is 0.0376. The summed E-state index contributed by atoms with van der Waals surface area (Å²) in [5, 5.41) is 4.56. The third-order valence-corrected chi connectivity index (χ3v) is 6.11. The average Bonchev–Trinajstić information content (AvgIpc) is 2.71. The summed E-state index contributed by atoms with van der Waals surface area (Å²) in [6.07, 6.45) is 2.75. The molecule has 8 heteroatoms. The van der Waals surface area contributed by atoms with E-state index < -0.39 is 0 Å². The van der Waals surface area contributed by atoms with Crippen molar-refractivity contribution in [2.75, 3.05) is 59.2 Å². The zero-order chi connectivity index (χ0) is 19.8. The molecule has 0 radical (unpaired) electrons. The minimum atomic E-state index is -0.167. The van der Waals surface area contributed by atoms with Crippen molar-refractivity contribution < 1.29 is 9.47 Å². The van der Waals surface area contributed by atoms with Gasteiger partial charge in [-0.2, -0.15) is 0 Å². The average molecular weight is 429 g/mol. The van der Waals surface area contributed by atoms with Gasteiger partial charge in [0.25, 0.3) is 0 Å². The van der Waals surface area contributed by atoms with Crippen molar-refractivity contribution >= 4 is 29.2 Å². The van der Waals surface area contributed by atoms with Crippen LogP contribution in [0.25, 0.3) is 0 Å². The highest BCUT2D eigenvalue weighted by Crippen LogP contribution is 2.39. The van der Waals surface area contributed by atoms with Gasteiger partial charge in [0.05, 0.1) is 19.8 Å². The van der Waals surface area contributed by atoms with Crippen LogP contribution in [-0.4, -0.2) is 70.0 Å². The lowest BCUT2D eigenvalue weighted by Crippen LogP contribution is -2.40. The molecule has 2 saturated heterocycles. The van der Waals surface area contributed by atoms with Gasteiger partial charge in [-0.15, -0.1) is 0 Å². The molecule has 3 N–H and O–H groups in total. The number of halogens is 2. The highest BCUT2D eigenvalue weighted by molar-refractivity contribution is 6.35. The second-order valence-electron chi connectivity index (χ2n) is 7.45. The molecule has 0 aromatic heterocycles. The molecule has 0 bridgehead atoms. The highest BCUT2D eigenvalue weighted by atomic mass is 35.5. The van der Waals surface area contributed by atoms with Gasteiger partial charge in [-0.05, 0) is 43.5 Å². The Bertz CT molecular complexity index is 660. The Morgan fingerprint density at radius 3 is 2.57 bits per heavy atom. The first-order chi connectivity index (χ1) is 13.6. The van der Waals surface area contributed by atoms with Crippen molar-refractivity contribution in [3.8, 4) is 0 Å². The smallest absolute Gasteiger partial charge is 0.188 e. The van der Waals surface area contributed by atoms with Crippen LogP contribution in [0.2, 0.25) is 10.0 Å².